The van der Waals surface area contributed by atoms with E-state index in [2.05, 4.69) is 4.57 Å². The van der Waals surface area contributed by atoms with Crippen molar-refractivity contribution >= 4 is 27.1 Å². The average Bonchev–Trinajstić information content (AvgIpc) is 3.48. The molecule has 1 aliphatic heterocycles. The average molecular weight is 448 g/mol. The number of hydrogen-bond donors (Lipinski definition) is 0. The SMILES string of the molecule is Cc1cc(C(=O)CN2CCN(S(=O)(=O)c3cccs3)CC2)c(C)n1Cc1ccco1. The van der Waals surface area contributed by atoms with Crippen LogP contribution in [0.25, 0.3) is 0 Å². The van der Waals surface area contributed by atoms with Gasteiger partial charge in [-0.15, -0.1) is 11.3 Å². The summed E-state index contributed by atoms with van der Waals surface area (Å²) in [5.41, 5.74) is 2.65. The predicted octanol–water partition coefficient (Wildman–Crippen LogP) is 3.00. The Kier molecular flexibility index (Phi) is 5.97. The Morgan fingerprint density at radius 3 is 2.53 bits per heavy atom. The molecule has 3 aromatic rings. The molecule has 9 heteroatoms. The second kappa shape index (κ2) is 8.50. The third kappa shape index (κ3) is 4.15. The molecule has 30 heavy (non-hydrogen) atoms. The van der Waals surface area contributed by atoms with Crippen molar-refractivity contribution in [2.24, 2.45) is 0 Å². The third-order valence-corrected chi connectivity index (χ3v) is 8.83. The van der Waals surface area contributed by atoms with Gasteiger partial charge in [-0.25, -0.2) is 8.42 Å². The normalized spacial score (nSPS) is 16.2. The quantitative estimate of drug-likeness (QED) is 0.521. The molecule has 1 fully saturated rings. The molecule has 0 N–H and O–H groups in total. The van der Waals surface area contributed by atoms with E-state index in [1.165, 1.54) is 15.6 Å². The molecule has 7 nitrogen and oxygen atoms in total. The van der Waals surface area contributed by atoms with Crippen molar-refractivity contribution in [3.8, 4) is 0 Å². The second-order valence-electron chi connectivity index (χ2n) is 7.49. The van der Waals surface area contributed by atoms with Crippen molar-refractivity contribution in [3.05, 3.63) is 64.7 Å². The summed E-state index contributed by atoms with van der Waals surface area (Å²) in [4.78, 5) is 15.0. The van der Waals surface area contributed by atoms with Crippen LogP contribution in [0.15, 0.2) is 50.6 Å². The number of piperazine rings is 1. The number of Topliss-reactive ketones (excluding diaryl/α,β-unsaturated/α-hetero) is 1. The van der Waals surface area contributed by atoms with E-state index in [0.29, 0.717) is 42.5 Å². The molecule has 0 bridgehead atoms. The molecular weight excluding hydrogens is 422 g/mol. The standard InChI is InChI=1S/C21H25N3O4S2/c1-16-13-19(17(2)24(16)14-18-5-3-11-28-18)20(25)15-22-7-9-23(10-8-22)30(26,27)21-6-4-12-29-21/h3-6,11-13H,7-10,14-15H2,1-2H3. The Hall–Kier alpha value is -2.20. The summed E-state index contributed by atoms with van der Waals surface area (Å²) in [5, 5.41) is 1.77. The minimum atomic E-state index is -3.43. The summed E-state index contributed by atoms with van der Waals surface area (Å²) in [6, 6.07) is 9.08. The monoisotopic (exact) mass is 447 g/mol. The number of aryl methyl sites for hydroxylation is 1. The number of carbonyl (C=O) groups is 1. The number of nitrogens with zero attached hydrogens (tertiary/aromatic N) is 3. The Labute approximate surface area is 180 Å². The summed E-state index contributed by atoms with van der Waals surface area (Å²) in [7, 11) is -3.43. The Balaban J connectivity index is 1.39. The number of hydrogen-bond acceptors (Lipinski definition) is 6. The molecule has 0 amide bonds. The van der Waals surface area contributed by atoms with Crippen molar-refractivity contribution in [3.63, 3.8) is 0 Å². The number of thiophene rings is 1. The first-order valence-electron chi connectivity index (χ1n) is 9.84. The van der Waals surface area contributed by atoms with Crippen molar-refractivity contribution in [1.82, 2.24) is 13.8 Å². The van der Waals surface area contributed by atoms with E-state index in [0.717, 1.165) is 17.1 Å². The van der Waals surface area contributed by atoms with Crippen molar-refractivity contribution in [2.75, 3.05) is 32.7 Å². The van der Waals surface area contributed by atoms with Gasteiger partial charge in [-0.1, -0.05) is 6.07 Å². The van der Waals surface area contributed by atoms with Gasteiger partial charge in [-0.2, -0.15) is 4.31 Å². The molecule has 3 aromatic heterocycles. The van der Waals surface area contributed by atoms with Crippen molar-refractivity contribution in [2.45, 2.75) is 24.6 Å². The number of rotatable bonds is 7. The number of aromatic nitrogens is 1. The Morgan fingerprint density at radius 1 is 1.13 bits per heavy atom. The largest absolute Gasteiger partial charge is 0.467 e. The minimum Gasteiger partial charge on any atom is -0.467 e. The maximum atomic E-state index is 13.0. The van der Waals surface area contributed by atoms with Crippen LogP contribution in [0.2, 0.25) is 0 Å². The lowest BCUT2D eigenvalue weighted by Crippen LogP contribution is -2.49. The lowest BCUT2D eigenvalue weighted by molar-refractivity contribution is 0.0901. The van der Waals surface area contributed by atoms with Crippen LogP contribution in [-0.2, 0) is 16.6 Å². The fourth-order valence-electron chi connectivity index (χ4n) is 3.84. The zero-order valence-corrected chi connectivity index (χ0v) is 18.7. The lowest BCUT2D eigenvalue weighted by Gasteiger charge is -2.33. The molecule has 0 saturated carbocycles. The summed E-state index contributed by atoms with van der Waals surface area (Å²) in [6.07, 6.45) is 1.65. The molecule has 0 aliphatic carbocycles. The lowest BCUT2D eigenvalue weighted by atomic mass is 10.1. The van der Waals surface area contributed by atoms with Crippen LogP contribution < -0.4 is 0 Å². The molecule has 0 radical (unpaired) electrons. The maximum absolute atomic E-state index is 13.0. The van der Waals surface area contributed by atoms with E-state index >= 15 is 0 Å². The fourth-order valence-corrected chi connectivity index (χ4v) is 6.41. The van der Waals surface area contributed by atoms with Crippen LogP contribution in [0.3, 0.4) is 0 Å². The zero-order valence-electron chi connectivity index (χ0n) is 17.1. The molecule has 1 aliphatic rings. The molecule has 0 unspecified atom stereocenters. The minimum absolute atomic E-state index is 0.0587. The predicted molar refractivity (Wildman–Crippen MR) is 116 cm³/mol. The first-order valence-corrected chi connectivity index (χ1v) is 12.2. The second-order valence-corrected chi connectivity index (χ2v) is 10.6. The summed E-state index contributed by atoms with van der Waals surface area (Å²) in [6.45, 7) is 6.70. The number of carbonyl (C=O) groups excluding carboxylic acids is 1. The zero-order chi connectivity index (χ0) is 21.3. The molecule has 0 atom stereocenters. The third-order valence-electron chi connectivity index (χ3n) is 5.56. The van der Waals surface area contributed by atoms with Gasteiger partial charge in [0.25, 0.3) is 10.0 Å². The summed E-state index contributed by atoms with van der Waals surface area (Å²) in [5.74, 6) is 0.905. The van der Waals surface area contributed by atoms with Gasteiger partial charge in [0, 0.05) is 43.1 Å². The highest BCUT2D eigenvalue weighted by Crippen LogP contribution is 2.23. The van der Waals surface area contributed by atoms with Crippen LogP contribution in [0.1, 0.15) is 27.5 Å². The summed E-state index contributed by atoms with van der Waals surface area (Å²) < 4.78 is 34.7. The molecule has 4 heterocycles. The number of furan rings is 1. The van der Waals surface area contributed by atoms with Crippen LogP contribution in [-0.4, -0.2) is 60.7 Å². The van der Waals surface area contributed by atoms with E-state index in [1.807, 2.05) is 36.9 Å². The topological polar surface area (TPSA) is 75.8 Å². The maximum Gasteiger partial charge on any atom is 0.252 e. The molecule has 0 spiro atoms. The van der Waals surface area contributed by atoms with Crippen LogP contribution in [0.5, 0.6) is 0 Å². The molecule has 160 valence electrons. The molecule has 4 rings (SSSR count). The van der Waals surface area contributed by atoms with Crippen LogP contribution in [0, 0.1) is 13.8 Å². The van der Waals surface area contributed by atoms with Crippen molar-refractivity contribution in [1.29, 1.82) is 0 Å². The fraction of sp³-hybridized carbons (Fsp3) is 0.381. The van der Waals surface area contributed by atoms with Gasteiger partial charge in [-0.3, -0.25) is 9.69 Å². The number of sulfonamides is 1. The number of ketones is 1. The molecular formula is C21H25N3O4S2. The van der Waals surface area contributed by atoms with E-state index in [4.69, 9.17) is 4.42 Å². The first-order chi connectivity index (χ1) is 14.4. The van der Waals surface area contributed by atoms with Crippen molar-refractivity contribution < 1.29 is 17.6 Å². The Morgan fingerprint density at radius 2 is 1.90 bits per heavy atom. The molecule has 0 aromatic carbocycles. The smallest absolute Gasteiger partial charge is 0.252 e. The van der Waals surface area contributed by atoms with Crippen LogP contribution >= 0.6 is 11.3 Å². The highest BCUT2D eigenvalue weighted by molar-refractivity contribution is 7.91. The van der Waals surface area contributed by atoms with E-state index < -0.39 is 10.0 Å². The summed E-state index contributed by atoms with van der Waals surface area (Å²) >= 11 is 1.23. The van der Waals surface area contributed by atoms with Gasteiger partial charge in [-0.05, 0) is 43.5 Å². The Bertz CT molecular complexity index is 1110. The van der Waals surface area contributed by atoms with Gasteiger partial charge in [0.2, 0.25) is 0 Å². The van der Waals surface area contributed by atoms with E-state index in [-0.39, 0.29) is 12.3 Å². The van der Waals surface area contributed by atoms with Gasteiger partial charge in [0.15, 0.2) is 5.78 Å². The molecule has 1 saturated heterocycles. The van der Waals surface area contributed by atoms with Gasteiger partial charge < -0.3 is 8.98 Å². The van der Waals surface area contributed by atoms with Crippen LogP contribution in [0.4, 0.5) is 0 Å². The van der Waals surface area contributed by atoms with Gasteiger partial charge in [0.05, 0.1) is 19.4 Å². The van der Waals surface area contributed by atoms with E-state index in [1.54, 1.807) is 23.8 Å². The highest BCUT2D eigenvalue weighted by atomic mass is 32.2. The highest BCUT2D eigenvalue weighted by Gasteiger charge is 2.30. The first kappa shape index (κ1) is 21.0. The van der Waals surface area contributed by atoms with Gasteiger partial charge in [0.1, 0.15) is 9.97 Å². The van der Waals surface area contributed by atoms with E-state index in [9.17, 15) is 13.2 Å². The van der Waals surface area contributed by atoms with Gasteiger partial charge >= 0.3 is 0 Å².